The molecule has 160 valence electrons. The van der Waals surface area contributed by atoms with E-state index in [1.807, 2.05) is 0 Å². The molecule has 1 aliphatic rings. The fourth-order valence-electron chi connectivity index (χ4n) is 3.51. The fraction of sp³-hybridized carbons (Fsp3) is 0.350. The van der Waals surface area contributed by atoms with E-state index in [4.69, 9.17) is 4.74 Å². The van der Waals surface area contributed by atoms with E-state index < -0.39 is 20.9 Å². The van der Waals surface area contributed by atoms with Gasteiger partial charge in [0.1, 0.15) is 10.6 Å². The number of nitro benzene ring substituents is 1. The number of nitrogens with one attached hydrogen (secondary N) is 2. The number of benzene rings is 2. The first-order valence-corrected chi connectivity index (χ1v) is 11.0. The number of anilines is 1. The maximum absolute atomic E-state index is 12.9. The summed E-state index contributed by atoms with van der Waals surface area (Å²) in [5.41, 5.74) is 0.554. The Balaban J connectivity index is 1.90. The number of carbonyl (C=O) groups excluding carboxylic acids is 1. The Labute approximate surface area is 174 Å². The summed E-state index contributed by atoms with van der Waals surface area (Å²) in [6, 6.07) is 8.33. The van der Waals surface area contributed by atoms with Crippen molar-refractivity contribution in [3.8, 4) is 5.75 Å². The van der Waals surface area contributed by atoms with Crippen LogP contribution >= 0.6 is 0 Å². The van der Waals surface area contributed by atoms with Crippen LogP contribution in [0.3, 0.4) is 0 Å². The zero-order valence-corrected chi connectivity index (χ0v) is 17.5. The molecule has 2 aromatic carbocycles. The summed E-state index contributed by atoms with van der Waals surface area (Å²) in [4.78, 5) is 23.2. The molecule has 0 atom stereocenters. The number of methoxy groups -OCH3 is 1. The molecular formula is C20H23N3O6S. The molecule has 3 rings (SSSR count). The first-order valence-electron chi connectivity index (χ1n) is 9.48. The number of sulfonamides is 1. The lowest BCUT2D eigenvalue weighted by atomic mass is 10.1. The smallest absolute Gasteiger partial charge is 0.274 e. The van der Waals surface area contributed by atoms with Gasteiger partial charge in [0.15, 0.2) is 0 Å². The number of ether oxygens (including phenoxy) is 1. The molecule has 10 heteroatoms. The molecule has 2 aromatic rings. The van der Waals surface area contributed by atoms with Crippen LogP contribution in [0, 0.1) is 17.0 Å². The number of rotatable bonds is 7. The lowest BCUT2D eigenvalue weighted by molar-refractivity contribution is -0.385. The van der Waals surface area contributed by atoms with Gasteiger partial charge in [0.2, 0.25) is 10.0 Å². The van der Waals surface area contributed by atoms with Crippen molar-refractivity contribution >= 4 is 27.3 Å². The molecule has 0 unspecified atom stereocenters. The van der Waals surface area contributed by atoms with E-state index in [2.05, 4.69) is 10.0 Å². The van der Waals surface area contributed by atoms with E-state index in [0.29, 0.717) is 5.56 Å². The molecule has 0 bridgehead atoms. The van der Waals surface area contributed by atoms with E-state index in [9.17, 15) is 23.3 Å². The molecule has 0 spiro atoms. The van der Waals surface area contributed by atoms with Gasteiger partial charge in [-0.15, -0.1) is 0 Å². The van der Waals surface area contributed by atoms with Crippen LogP contribution in [-0.2, 0) is 10.0 Å². The van der Waals surface area contributed by atoms with Crippen LogP contribution in [0.25, 0.3) is 0 Å². The normalized spacial score (nSPS) is 14.5. The van der Waals surface area contributed by atoms with Crippen LogP contribution in [0.5, 0.6) is 5.75 Å². The van der Waals surface area contributed by atoms with Crippen molar-refractivity contribution in [2.24, 2.45) is 0 Å². The van der Waals surface area contributed by atoms with Gasteiger partial charge in [-0.05, 0) is 44.0 Å². The van der Waals surface area contributed by atoms with Crippen LogP contribution in [0.2, 0.25) is 0 Å². The SMILES string of the molecule is COc1ccc(C(=O)Nc2cccc([N+](=O)[O-])c2C)cc1S(=O)(=O)NC1CCCC1. The highest BCUT2D eigenvalue weighted by atomic mass is 32.2. The third-order valence-corrected chi connectivity index (χ3v) is 6.68. The molecule has 2 N–H and O–H groups in total. The minimum Gasteiger partial charge on any atom is -0.495 e. The van der Waals surface area contributed by atoms with Gasteiger partial charge in [-0.2, -0.15) is 0 Å². The zero-order chi connectivity index (χ0) is 21.9. The maximum atomic E-state index is 12.9. The predicted octanol–water partition coefficient (Wildman–Crippen LogP) is 3.39. The van der Waals surface area contributed by atoms with E-state index in [-0.39, 0.29) is 33.6 Å². The van der Waals surface area contributed by atoms with Gasteiger partial charge < -0.3 is 10.1 Å². The van der Waals surface area contributed by atoms with E-state index in [1.54, 1.807) is 6.07 Å². The van der Waals surface area contributed by atoms with Crippen molar-refractivity contribution in [3.63, 3.8) is 0 Å². The van der Waals surface area contributed by atoms with Crippen molar-refractivity contribution in [3.05, 3.63) is 57.6 Å². The molecule has 0 saturated heterocycles. The van der Waals surface area contributed by atoms with Gasteiger partial charge in [0, 0.05) is 17.7 Å². The zero-order valence-electron chi connectivity index (χ0n) is 16.7. The average Bonchev–Trinajstić information content (AvgIpc) is 3.21. The molecule has 9 nitrogen and oxygen atoms in total. The molecule has 0 aromatic heterocycles. The standard InChI is InChI=1S/C20H23N3O6S/c1-13-16(8-5-9-17(13)23(25)26)21-20(24)14-10-11-18(29-2)19(12-14)30(27,28)22-15-6-3-4-7-15/h5,8-12,15,22H,3-4,6-7H2,1-2H3,(H,21,24). The van der Waals surface area contributed by atoms with Gasteiger partial charge in [-0.25, -0.2) is 13.1 Å². The summed E-state index contributed by atoms with van der Waals surface area (Å²) in [6.07, 6.45) is 3.48. The van der Waals surface area contributed by atoms with Crippen molar-refractivity contribution < 1.29 is 22.9 Å². The summed E-state index contributed by atoms with van der Waals surface area (Å²) in [5, 5.41) is 13.7. The lowest BCUT2D eigenvalue weighted by Crippen LogP contribution is -2.33. The van der Waals surface area contributed by atoms with Gasteiger partial charge in [-0.3, -0.25) is 14.9 Å². The number of carbonyl (C=O) groups is 1. The molecule has 0 radical (unpaired) electrons. The largest absolute Gasteiger partial charge is 0.495 e. The Morgan fingerprint density at radius 1 is 1.20 bits per heavy atom. The fourth-order valence-corrected chi connectivity index (χ4v) is 5.01. The second kappa shape index (κ2) is 8.80. The van der Waals surface area contributed by atoms with E-state index in [1.165, 1.54) is 44.4 Å². The highest BCUT2D eigenvalue weighted by Crippen LogP contribution is 2.29. The molecule has 1 aliphatic carbocycles. The number of amides is 1. The summed E-state index contributed by atoms with van der Waals surface area (Å²) < 4.78 is 33.6. The molecule has 1 fully saturated rings. The Bertz CT molecular complexity index is 1080. The van der Waals surface area contributed by atoms with E-state index in [0.717, 1.165) is 25.7 Å². The molecule has 1 saturated carbocycles. The molecule has 0 aliphatic heterocycles. The number of hydrogen-bond donors (Lipinski definition) is 2. The van der Waals surface area contributed by atoms with Gasteiger partial charge in [-0.1, -0.05) is 18.9 Å². The Hall–Kier alpha value is -2.98. The Morgan fingerprint density at radius 3 is 2.53 bits per heavy atom. The second-order valence-electron chi connectivity index (χ2n) is 7.13. The molecular weight excluding hydrogens is 410 g/mol. The quantitative estimate of drug-likeness (QED) is 0.509. The van der Waals surface area contributed by atoms with Crippen molar-refractivity contribution in [1.82, 2.24) is 4.72 Å². The van der Waals surface area contributed by atoms with Gasteiger partial charge in [0.25, 0.3) is 11.6 Å². The van der Waals surface area contributed by atoms with Crippen molar-refractivity contribution in [2.45, 2.75) is 43.5 Å². The maximum Gasteiger partial charge on any atom is 0.274 e. The summed E-state index contributed by atoms with van der Waals surface area (Å²) >= 11 is 0. The third kappa shape index (κ3) is 4.60. The minimum atomic E-state index is -3.89. The predicted molar refractivity (Wildman–Crippen MR) is 111 cm³/mol. The van der Waals surface area contributed by atoms with Crippen LogP contribution < -0.4 is 14.8 Å². The monoisotopic (exact) mass is 433 g/mol. The van der Waals surface area contributed by atoms with Crippen LogP contribution in [0.4, 0.5) is 11.4 Å². The summed E-state index contributed by atoms with van der Waals surface area (Å²) in [7, 11) is -2.53. The summed E-state index contributed by atoms with van der Waals surface area (Å²) in [5.74, 6) is -0.456. The van der Waals surface area contributed by atoms with Crippen LogP contribution in [0.15, 0.2) is 41.3 Å². The molecule has 1 amide bonds. The highest BCUT2D eigenvalue weighted by molar-refractivity contribution is 7.89. The first kappa shape index (κ1) is 21.7. The minimum absolute atomic E-state index is 0.0912. The number of nitro groups is 1. The van der Waals surface area contributed by atoms with E-state index >= 15 is 0 Å². The van der Waals surface area contributed by atoms with Gasteiger partial charge in [0.05, 0.1) is 23.3 Å². The van der Waals surface area contributed by atoms with Crippen LogP contribution in [0.1, 0.15) is 41.6 Å². The van der Waals surface area contributed by atoms with Crippen molar-refractivity contribution in [1.29, 1.82) is 0 Å². The molecule has 30 heavy (non-hydrogen) atoms. The highest BCUT2D eigenvalue weighted by Gasteiger charge is 2.27. The van der Waals surface area contributed by atoms with Crippen LogP contribution in [-0.4, -0.2) is 32.4 Å². The van der Waals surface area contributed by atoms with Crippen molar-refractivity contribution in [2.75, 3.05) is 12.4 Å². The molecule has 0 heterocycles. The third-order valence-electron chi connectivity index (χ3n) is 5.14. The van der Waals surface area contributed by atoms with Gasteiger partial charge >= 0.3 is 0 Å². The summed E-state index contributed by atoms with van der Waals surface area (Å²) in [6.45, 7) is 1.53. The number of hydrogen-bond acceptors (Lipinski definition) is 6. The first-order chi connectivity index (χ1) is 14.2. The topological polar surface area (TPSA) is 128 Å². The lowest BCUT2D eigenvalue weighted by Gasteiger charge is -2.16. The Morgan fingerprint density at radius 2 is 1.90 bits per heavy atom. The average molecular weight is 433 g/mol. The number of nitrogens with zero attached hydrogens (tertiary/aromatic N) is 1. The second-order valence-corrected chi connectivity index (χ2v) is 8.81. The Kier molecular flexibility index (Phi) is 6.37.